The summed E-state index contributed by atoms with van der Waals surface area (Å²) in [6.45, 7) is 1.77. The van der Waals surface area contributed by atoms with Gasteiger partial charge in [0.25, 0.3) is 0 Å². The van der Waals surface area contributed by atoms with Crippen LogP contribution in [-0.2, 0) is 16.0 Å². The quantitative estimate of drug-likeness (QED) is 0.538. The summed E-state index contributed by atoms with van der Waals surface area (Å²) in [4.78, 5) is 10.4. The van der Waals surface area contributed by atoms with E-state index in [1.807, 2.05) is 30.4 Å². The van der Waals surface area contributed by atoms with Gasteiger partial charge in [0, 0.05) is 6.92 Å². The summed E-state index contributed by atoms with van der Waals surface area (Å²) >= 11 is 0. The fourth-order valence-corrected chi connectivity index (χ4v) is 1.07. The Bertz CT molecular complexity index is 301. The normalized spacial score (nSPS) is 10.4. The summed E-state index contributed by atoms with van der Waals surface area (Å²) in [7, 11) is 0. The average molecular weight is 190 g/mol. The summed E-state index contributed by atoms with van der Waals surface area (Å²) in [6, 6.07) is 10.1. The Kier molecular flexibility index (Phi) is 4.48. The third kappa shape index (κ3) is 4.45. The first kappa shape index (κ1) is 10.5. The molecule has 1 rings (SSSR count). The van der Waals surface area contributed by atoms with Gasteiger partial charge in [-0.05, 0) is 12.0 Å². The van der Waals surface area contributed by atoms with Gasteiger partial charge >= 0.3 is 5.97 Å². The molecule has 0 aliphatic heterocycles. The van der Waals surface area contributed by atoms with Crippen molar-refractivity contribution < 1.29 is 9.53 Å². The first-order valence-electron chi connectivity index (χ1n) is 4.61. The van der Waals surface area contributed by atoms with Crippen molar-refractivity contribution in [2.24, 2.45) is 0 Å². The number of benzene rings is 1. The Morgan fingerprint density at radius 3 is 2.64 bits per heavy atom. The van der Waals surface area contributed by atoms with Crippen LogP contribution >= 0.6 is 0 Å². The Hall–Kier alpha value is -1.57. The minimum absolute atomic E-state index is 0.241. The molecule has 0 saturated heterocycles. The molecule has 0 aliphatic rings. The lowest BCUT2D eigenvalue weighted by atomic mass is 10.1. The lowest BCUT2D eigenvalue weighted by Crippen LogP contribution is -1.97. The number of hydrogen-bond donors (Lipinski definition) is 0. The summed E-state index contributed by atoms with van der Waals surface area (Å²) in [5, 5.41) is 0. The van der Waals surface area contributed by atoms with Gasteiger partial charge in [-0.15, -0.1) is 0 Å². The van der Waals surface area contributed by atoms with Gasteiger partial charge in [0.1, 0.15) is 6.61 Å². The fraction of sp³-hybridized carbons (Fsp3) is 0.250. The van der Waals surface area contributed by atoms with E-state index in [1.165, 1.54) is 12.5 Å². The number of hydrogen-bond acceptors (Lipinski definition) is 2. The van der Waals surface area contributed by atoms with Gasteiger partial charge in [0.15, 0.2) is 0 Å². The lowest BCUT2D eigenvalue weighted by molar-refractivity contribution is -0.139. The molecule has 0 fully saturated rings. The molecule has 0 unspecified atom stereocenters. The number of allylic oxidation sites excluding steroid dienone is 1. The minimum Gasteiger partial charge on any atom is -0.462 e. The Morgan fingerprint density at radius 2 is 2.00 bits per heavy atom. The van der Waals surface area contributed by atoms with Crippen LogP contribution in [0.25, 0.3) is 0 Å². The molecule has 74 valence electrons. The van der Waals surface area contributed by atoms with Gasteiger partial charge in [-0.1, -0.05) is 42.5 Å². The molecule has 2 heteroatoms. The van der Waals surface area contributed by atoms with E-state index in [9.17, 15) is 4.79 Å². The van der Waals surface area contributed by atoms with Crippen LogP contribution in [0.3, 0.4) is 0 Å². The van der Waals surface area contributed by atoms with Crippen molar-refractivity contribution >= 4 is 5.97 Å². The molecule has 2 nitrogen and oxygen atoms in total. The number of ether oxygens (including phenoxy) is 1. The second-order valence-corrected chi connectivity index (χ2v) is 2.96. The summed E-state index contributed by atoms with van der Waals surface area (Å²) < 4.78 is 4.75. The highest BCUT2D eigenvalue weighted by Crippen LogP contribution is 1.99. The van der Waals surface area contributed by atoms with Crippen LogP contribution in [0, 0.1) is 0 Å². The molecule has 0 radical (unpaired) electrons. The van der Waals surface area contributed by atoms with E-state index in [0.29, 0.717) is 6.61 Å². The SMILES string of the molecule is CC(=O)OC/C=C/Cc1ccccc1. The Labute approximate surface area is 84.2 Å². The van der Waals surface area contributed by atoms with Gasteiger partial charge in [0.05, 0.1) is 0 Å². The first-order chi connectivity index (χ1) is 6.79. The van der Waals surface area contributed by atoms with Crippen molar-refractivity contribution in [2.45, 2.75) is 13.3 Å². The Morgan fingerprint density at radius 1 is 1.29 bits per heavy atom. The fourth-order valence-electron chi connectivity index (χ4n) is 1.07. The van der Waals surface area contributed by atoms with Gasteiger partial charge in [-0.25, -0.2) is 0 Å². The molecule has 1 aromatic carbocycles. The summed E-state index contributed by atoms with van der Waals surface area (Å²) in [5.41, 5.74) is 1.26. The van der Waals surface area contributed by atoms with Crippen molar-refractivity contribution in [3.8, 4) is 0 Å². The second-order valence-electron chi connectivity index (χ2n) is 2.96. The highest BCUT2D eigenvalue weighted by atomic mass is 16.5. The van der Waals surface area contributed by atoms with Crippen LogP contribution in [0.5, 0.6) is 0 Å². The van der Waals surface area contributed by atoms with Crippen LogP contribution in [-0.4, -0.2) is 12.6 Å². The topological polar surface area (TPSA) is 26.3 Å². The van der Waals surface area contributed by atoms with Crippen molar-refractivity contribution in [3.63, 3.8) is 0 Å². The highest BCUT2D eigenvalue weighted by molar-refractivity contribution is 5.65. The van der Waals surface area contributed by atoms with Gasteiger partial charge in [-0.3, -0.25) is 4.79 Å². The van der Waals surface area contributed by atoms with E-state index in [2.05, 4.69) is 12.1 Å². The molecule has 0 amide bonds. The van der Waals surface area contributed by atoms with E-state index in [-0.39, 0.29) is 5.97 Å². The van der Waals surface area contributed by atoms with E-state index >= 15 is 0 Å². The smallest absolute Gasteiger partial charge is 0.302 e. The number of esters is 1. The maximum Gasteiger partial charge on any atom is 0.302 e. The molecule has 0 spiro atoms. The lowest BCUT2D eigenvalue weighted by Gasteiger charge is -1.96. The molecule has 0 bridgehead atoms. The third-order valence-electron chi connectivity index (χ3n) is 1.75. The number of carbonyl (C=O) groups is 1. The molecular formula is C12H14O2. The Balaban J connectivity index is 2.24. The number of rotatable bonds is 4. The molecule has 14 heavy (non-hydrogen) atoms. The number of carbonyl (C=O) groups excluding carboxylic acids is 1. The van der Waals surface area contributed by atoms with E-state index in [1.54, 1.807) is 0 Å². The molecular weight excluding hydrogens is 176 g/mol. The zero-order chi connectivity index (χ0) is 10.2. The maximum atomic E-state index is 10.4. The molecule has 0 heterocycles. The molecule has 0 aliphatic carbocycles. The first-order valence-corrected chi connectivity index (χ1v) is 4.61. The summed E-state index contributed by atoms with van der Waals surface area (Å²) in [6.07, 6.45) is 4.73. The zero-order valence-corrected chi connectivity index (χ0v) is 8.27. The largest absolute Gasteiger partial charge is 0.462 e. The van der Waals surface area contributed by atoms with Crippen molar-refractivity contribution in [3.05, 3.63) is 48.0 Å². The van der Waals surface area contributed by atoms with Crippen LogP contribution < -0.4 is 0 Å². The maximum absolute atomic E-state index is 10.4. The molecule has 1 aromatic rings. The van der Waals surface area contributed by atoms with Gasteiger partial charge in [0.2, 0.25) is 0 Å². The molecule has 0 aromatic heterocycles. The van der Waals surface area contributed by atoms with Crippen LogP contribution in [0.15, 0.2) is 42.5 Å². The predicted octanol–water partition coefficient (Wildman–Crippen LogP) is 2.35. The third-order valence-corrected chi connectivity index (χ3v) is 1.75. The van der Waals surface area contributed by atoms with Crippen molar-refractivity contribution in [1.82, 2.24) is 0 Å². The standard InChI is InChI=1S/C12H14O2/c1-11(13)14-10-6-5-9-12-7-3-2-4-8-12/h2-8H,9-10H2,1H3/b6-5+. The molecule has 0 atom stereocenters. The van der Waals surface area contributed by atoms with Gasteiger partial charge < -0.3 is 4.74 Å². The monoisotopic (exact) mass is 190 g/mol. The second kappa shape index (κ2) is 5.97. The van der Waals surface area contributed by atoms with Gasteiger partial charge in [-0.2, -0.15) is 0 Å². The van der Waals surface area contributed by atoms with E-state index in [0.717, 1.165) is 6.42 Å². The van der Waals surface area contributed by atoms with E-state index in [4.69, 9.17) is 4.74 Å². The summed E-state index contributed by atoms with van der Waals surface area (Å²) in [5.74, 6) is -0.241. The molecule has 0 saturated carbocycles. The molecule has 0 N–H and O–H groups in total. The average Bonchev–Trinajstić information content (AvgIpc) is 2.18. The van der Waals surface area contributed by atoms with Crippen LogP contribution in [0.4, 0.5) is 0 Å². The van der Waals surface area contributed by atoms with Crippen LogP contribution in [0.1, 0.15) is 12.5 Å². The van der Waals surface area contributed by atoms with Crippen molar-refractivity contribution in [1.29, 1.82) is 0 Å². The van der Waals surface area contributed by atoms with E-state index < -0.39 is 0 Å². The zero-order valence-electron chi connectivity index (χ0n) is 8.27. The predicted molar refractivity (Wildman–Crippen MR) is 55.9 cm³/mol. The highest BCUT2D eigenvalue weighted by Gasteiger charge is 1.88. The van der Waals surface area contributed by atoms with Crippen molar-refractivity contribution in [2.75, 3.05) is 6.61 Å². The minimum atomic E-state index is -0.241. The van der Waals surface area contributed by atoms with Crippen LogP contribution in [0.2, 0.25) is 0 Å².